The Balaban J connectivity index is 2.03. The molecular formula is C5H8ClNO2S. The van der Waals surface area contributed by atoms with Crippen LogP contribution in [0.2, 0.25) is 0 Å². The number of halogens is 1. The molecule has 0 heterocycles. The predicted molar refractivity (Wildman–Crippen MR) is 38.0 cm³/mol. The van der Waals surface area contributed by atoms with Gasteiger partial charge in [-0.25, -0.2) is 0 Å². The van der Waals surface area contributed by atoms with Gasteiger partial charge in [-0.3, -0.25) is 0 Å². The molecule has 0 saturated heterocycles. The van der Waals surface area contributed by atoms with Gasteiger partial charge >= 0.3 is 0 Å². The van der Waals surface area contributed by atoms with E-state index in [1.165, 1.54) is 0 Å². The minimum absolute atomic E-state index is 0.120. The summed E-state index contributed by atoms with van der Waals surface area (Å²) in [6.07, 6.45) is 2.96. The lowest BCUT2D eigenvalue weighted by molar-refractivity contribution is -0.0312. The van der Waals surface area contributed by atoms with E-state index >= 15 is 0 Å². The van der Waals surface area contributed by atoms with E-state index in [9.17, 15) is 8.42 Å². The second-order valence-electron chi connectivity index (χ2n) is 3.30. The summed E-state index contributed by atoms with van der Waals surface area (Å²) in [6.45, 7) is 0. The van der Waals surface area contributed by atoms with Gasteiger partial charge in [0.25, 0.3) is 9.24 Å². The molecule has 10 heavy (non-hydrogen) atoms. The van der Waals surface area contributed by atoms with Crippen LogP contribution >= 0.6 is 10.7 Å². The van der Waals surface area contributed by atoms with Crippen LogP contribution in [0.15, 0.2) is 0 Å². The highest BCUT2D eigenvalue weighted by molar-refractivity contribution is 8.12. The topological polar surface area (TPSA) is 46.2 Å². The molecule has 0 radical (unpaired) electrons. The third-order valence-corrected chi connectivity index (χ3v) is 3.28. The summed E-state index contributed by atoms with van der Waals surface area (Å²) in [7, 11) is 1.53. The first-order valence-corrected chi connectivity index (χ1v) is 5.54. The first-order chi connectivity index (χ1) is 4.49. The zero-order valence-electron chi connectivity index (χ0n) is 5.30. The van der Waals surface area contributed by atoms with Crippen molar-refractivity contribution >= 4 is 19.9 Å². The van der Waals surface area contributed by atoms with Crippen LogP contribution < -0.4 is 4.72 Å². The van der Waals surface area contributed by atoms with E-state index in [0.717, 1.165) is 25.2 Å². The van der Waals surface area contributed by atoms with Crippen LogP contribution in [0.4, 0.5) is 0 Å². The van der Waals surface area contributed by atoms with E-state index in [1.54, 1.807) is 0 Å². The molecule has 0 aliphatic heterocycles. The van der Waals surface area contributed by atoms with Crippen LogP contribution in [0.3, 0.4) is 0 Å². The minimum atomic E-state index is -3.48. The zero-order valence-corrected chi connectivity index (χ0v) is 6.87. The Morgan fingerprint density at radius 3 is 2.00 bits per heavy atom. The predicted octanol–water partition coefficient (Wildman–Crippen LogP) is 0.612. The van der Waals surface area contributed by atoms with Crippen molar-refractivity contribution in [3.05, 3.63) is 0 Å². The summed E-state index contributed by atoms with van der Waals surface area (Å²) in [5, 5.41) is 0. The van der Waals surface area contributed by atoms with Crippen LogP contribution in [0, 0.1) is 5.92 Å². The van der Waals surface area contributed by atoms with Gasteiger partial charge in [-0.1, -0.05) is 0 Å². The van der Waals surface area contributed by atoms with Crippen LogP contribution in [0.1, 0.15) is 19.3 Å². The molecule has 0 unspecified atom stereocenters. The molecule has 3 aliphatic carbocycles. The molecule has 3 saturated carbocycles. The van der Waals surface area contributed by atoms with E-state index in [-0.39, 0.29) is 5.54 Å². The molecule has 5 heteroatoms. The normalized spacial score (nSPS) is 43.9. The van der Waals surface area contributed by atoms with Gasteiger partial charge in [0, 0.05) is 16.2 Å². The molecule has 3 rings (SSSR count). The van der Waals surface area contributed by atoms with Gasteiger partial charge in [0.05, 0.1) is 0 Å². The van der Waals surface area contributed by atoms with Crippen molar-refractivity contribution in [3.63, 3.8) is 0 Å². The van der Waals surface area contributed by atoms with Crippen molar-refractivity contribution in [2.75, 3.05) is 0 Å². The van der Waals surface area contributed by atoms with Gasteiger partial charge < -0.3 is 0 Å². The molecule has 0 aromatic heterocycles. The van der Waals surface area contributed by atoms with E-state index in [2.05, 4.69) is 4.72 Å². The van der Waals surface area contributed by atoms with Crippen molar-refractivity contribution in [2.24, 2.45) is 5.92 Å². The van der Waals surface area contributed by atoms with E-state index in [0.29, 0.717) is 0 Å². The lowest BCUT2D eigenvalue weighted by Gasteiger charge is -2.61. The Labute approximate surface area is 64.3 Å². The summed E-state index contributed by atoms with van der Waals surface area (Å²) >= 11 is 0. The van der Waals surface area contributed by atoms with Crippen molar-refractivity contribution in [1.82, 2.24) is 4.72 Å². The maximum absolute atomic E-state index is 10.5. The Hall–Kier alpha value is 0.200. The van der Waals surface area contributed by atoms with Gasteiger partial charge in [0.15, 0.2) is 0 Å². The van der Waals surface area contributed by atoms with Crippen molar-refractivity contribution in [2.45, 2.75) is 24.8 Å². The summed E-state index contributed by atoms with van der Waals surface area (Å²) < 4.78 is 23.5. The molecule has 0 amide bonds. The molecule has 3 fully saturated rings. The number of rotatable bonds is 2. The SMILES string of the molecule is O=S(=O)(Cl)NC12CC(C1)C2. The summed E-state index contributed by atoms with van der Waals surface area (Å²) in [6, 6.07) is 0. The van der Waals surface area contributed by atoms with Gasteiger partial charge in [0.1, 0.15) is 0 Å². The fourth-order valence-electron chi connectivity index (χ4n) is 1.86. The van der Waals surface area contributed by atoms with Gasteiger partial charge in [-0.2, -0.15) is 13.1 Å². The summed E-state index contributed by atoms with van der Waals surface area (Å²) in [5.41, 5.74) is -0.120. The standard InChI is InChI=1S/C5H8ClNO2S/c6-10(8,9)7-5-1-4(2-5)3-5/h4,7H,1-3H2. The van der Waals surface area contributed by atoms with Crippen LogP contribution in [-0.4, -0.2) is 14.0 Å². The smallest absolute Gasteiger partial charge is 0.196 e. The lowest BCUT2D eigenvalue weighted by Crippen LogP contribution is -2.67. The average molecular weight is 182 g/mol. The van der Waals surface area contributed by atoms with Crippen molar-refractivity contribution in [3.8, 4) is 0 Å². The van der Waals surface area contributed by atoms with E-state index < -0.39 is 9.24 Å². The van der Waals surface area contributed by atoms with Gasteiger partial charge in [-0.05, 0) is 25.2 Å². The van der Waals surface area contributed by atoms with Crippen LogP contribution in [0.5, 0.6) is 0 Å². The molecule has 3 aliphatic rings. The summed E-state index contributed by atoms with van der Waals surface area (Å²) in [5.74, 6) is 0.769. The molecule has 3 nitrogen and oxygen atoms in total. The highest BCUT2D eigenvalue weighted by Gasteiger charge is 2.58. The third kappa shape index (κ3) is 0.946. The Bertz CT molecular complexity index is 244. The van der Waals surface area contributed by atoms with Crippen LogP contribution in [0.25, 0.3) is 0 Å². The first-order valence-electron chi connectivity index (χ1n) is 3.23. The number of hydrogen-bond acceptors (Lipinski definition) is 2. The second kappa shape index (κ2) is 1.68. The largest absolute Gasteiger partial charge is 0.297 e. The molecule has 0 aromatic carbocycles. The first kappa shape index (κ1) is 6.88. The Kier molecular flexibility index (Phi) is 1.15. The number of nitrogens with one attached hydrogen (secondary N) is 1. The molecule has 1 N–H and O–H groups in total. The second-order valence-corrected chi connectivity index (χ2v) is 5.60. The monoisotopic (exact) mass is 181 g/mol. The molecule has 0 atom stereocenters. The average Bonchev–Trinajstić information content (AvgIpc) is 1.48. The van der Waals surface area contributed by atoms with Gasteiger partial charge in [-0.15, -0.1) is 0 Å². The van der Waals surface area contributed by atoms with Gasteiger partial charge in [0.2, 0.25) is 0 Å². The van der Waals surface area contributed by atoms with Crippen molar-refractivity contribution in [1.29, 1.82) is 0 Å². The molecule has 0 aromatic rings. The maximum atomic E-state index is 10.5. The molecule has 2 bridgehead atoms. The Morgan fingerprint density at radius 2 is 1.90 bits per heavy atom. The fraction of sp³-hybridized carbons (Fsp3) is 1.00. The fourth-order valence-corrected chi connectivity index (χ4v) is 3.12. The third-order valence-electron chi connectivity index (χ3n) is 2.38. The quantitative estimate of drug-likeness (QED) is 0.635. The molecular weight excluding hydrogens is 174 g/mol. The highest BCUT2D eigenvalue weighted by atomic mass is 35.7. The van der Waals surface area contributed by atoms with E-state index in [1.807, 2.05) is 0 Å². The minimum Gasteiger partial charge on any atom is -0.196 e. The lowest BCUT2D eigenvalue weighted by atomic mass is 9.50. The molecule has 0 spiro atoms. The highest BCUT2D eigenvalue weighted by Crippen LogP contribution is 2.57. The Morgan fingerprint density at radius 1 is 1.40 bits per heavy atom. The summed E-state index contributed by atoms with van der Waals surface area (Å²) in [4.78, 5) is 0. The zero-order chi connectivity index (χ0) is 7.41. The number of hydrogen-bond donors (Lipinski definition) is 1. The van der Waals surface area contributed by atoms with Crippen molar-refractivity contribution < 1.29 is 8.42 Å². The maximum Gasteiger partial charge on any atom is 0.297 e. The molecule has 58 valence electrons. The van der Waals surface area contributed by atoms with Crippen LogP contribution in [-0.2, 0) is 9.24 Å². The van der Waals surface area contributed by atoms with E-state index in [4.69, 9.17) is 10.7 Å².